The highest BCUT2D eigenvalue weighted by atomic mass is 17.2. The van der Waals surface area contributed by atoms with Gasteiger partial charge in [-0.3, -0.25) is 4.89 Å². The number of ether oxygens (including phenoxy) is 1. The van der Waals surface area contributed by atoms with E-state index in [1.165, 1.54) is 14.2 Å². The largest absolute Gasteiger partial charge is 0.466 e. The number of hydrogen-bond acceptors (Lipinski definition) is 5. The number of carbonyl (C=O) groups excluding carboxylic acids is 2. The molecule has 0 spiro atoms. The number of methoxy groups -OCH3 is 1. The smallest absolute Gasteiger partial charge is 0.350 e. The fraction of sp³-hybridized carbons (Fsp3) is 0.765. The zero-order valence-corrected chi connectivity index (χ0v) is 14.1. The summed E-state index contributed by atoms with van der Waals surface area (Å²) in [6.45, 7) is 6.58. The molecular weight excluding hydrogens is 284 g/mol. The van der Waals surface area contributed by atoms with Gasteiger partial charge in [-0.15, -0.1) is 0 Å². The topological polar surface area (TPSA) is 61.8 Å². The minimum atomic E-state index is -0.641. The molecule has 0 N–H and O–H groups in total. The maximum atomic E-state index is 12.5. The molecule has 0 aromatic heterocycles. The molecule has 3 atom stereocenters. The van der Waals surface area contributed by atoms with E-state index in [9.17, 15) is 9.59 Å². The second-order valence-electron chi connectivity index (χ2n) is 7.29. The van der Waals surface area contributed by atoms with Gasteiger partial charge in [0.05, 0.1) is 20.1 Å². The molecule has 22 heavy (non-hydrogen) atoms. The van der Waals surface area contributed by atoms with Gasteiger partial charge in [-0.1, -0.05) is 33.3 Å². The first-order valence-corrected chi connectivity index (χ1v) is 7.81. The lowest BCUT2D eigenvalue weighted by atomic mass is 9.48. The van der Waals surface area contributed by atoms with E-state index >= 15 is 0 Å². The molecule has 5 heteroatoms. The van der Waals surface area contributed by atoms with Crippen LogP contribution in [-0.4, -0.2) is 26.2 Å². The fourth-order valence-corrected chi connectivity index (χ4v) is 4.66. The second-order valence-corrected chi connectivity index (χ2v) is 7.29. The van der Waals surface area contributed by atoms with Gasteiger partial charge in [0, 0.05) is 5.57 Å². The van der Waals surface area contributed by atoms with Crippen LogP contribution in [0.2, 0.25) is 0 Å². The van der Waals surface area contributed by atoms with Crippen LogP contribution in [0, 0.1) is 22.7 Å². The summed E-state index contributed by atoms with van der Waals surface area (Å²) in [7, 11) is 2.63. The molecule has 0 aliphatic heterocycles. The third kappa shape index (κ3) is 2.67. The normalized spacial score (nSPS) is 33.4. The molecule has 2 aliphatic rings. The fourth-order valence-electron chi connectivity index (χ4n) is 4.66. The third-order valence-corrected chi connectivity index (χ3v) is 5.64. The molecule has 0 aromatic carbocycles. The van der Waals surface area contributed by atoms with Gasteiger partial charge in [0.1, 0.15) is 0 Å². The van der Waals surface area contributed by atoms with E-state index in [4.69, 9.17) is 9.62 Å². The molecule has 2 rings (SSSR count). The van der Waals surface area contributed by atoms with E-state index in [2.05, 4.69) is 25.7 Å². The number of fused-ring (bicyclic) bond motifs is 1. The van der Waals surface area contributed by atoms with Gasteiger partial charge in [0.15, 0.2) is 0 Å². The Labute approximate surface area is 131 Å². The van der Waals surface area contributed by atoms with Gasteiger partial charge in [-0.25, -0.2) is 9.59 Å². The summed E-state index contributed by atoms with van der Waals surface area (Å²) in [6, 6.07) is 0. The van der Waals surface area contributed by atoms with E-state index in [1.807, 2.05) is 6.08 Å². The van der Waals surface area contributed by atoms with Crippen LogP contribution < -0.4 is 0 Å². The summed E-state index contributed by atoms with van der Waals surface area (Å²) in [5.74, 6) is -1.29. The van der Waals surface area contributed by atoms with Gasteiger partial charge in [-0.2, -0.15) is 4.89 Å². The average molecular weight is 310 g/mol. The number of hydrogen-bond donors (Lipinski definition) is 0. The number of rotatable bonds is 3. The Morgan fingerprint density at radius 2 is 1.86 bits per heavy atom. The minimum absolute atomic E-state index is 0.122. The lowest BCUT2D eigenvalue weighted by molar-refractivity contribution is -0.263. The number of esters is 1. The van der Waals surface area contributed by atoms with Gasteiger partial charge in [0.25, 0.3) is 0 Å². The molecule has 124 valence electrons. The molecule has 0 radical (unpaired) electrons. The predicted molar refractivity (Wildman–Crippen MR) is 80.5 cm³/mol. The van der Waals surface area contributed by atoms with Crippen LogP contribution in [0.4, 0.5) is 0 Å². The van der Waals surface area contributed by atoms with Crippen LogP contribution in [0.3, 0.4) is 0 Å². The standard InChI is InChI=1S/C17H26O5/c1-16(2)9-6-10-17(3)12(16)8-7-11(14(18)20-4)13(17)15(19)22-21-5/h7,12-13H,6,8-10H2,1-5H3/t12-,13-,17-/m1/s1. The van der Waals surface area contributed by atoms with Crippen LogP contribution in [0.15, 0.2) is 11.6 Å². The molecule has 2 aliphatic carbocycles. The monoisotopic (exact) mass is 310 g/mol. The molecule has 0 amide bonds. The molecule has 1 fully saturated rings. The first kappa shape index (κ1) is 17.0. The van der Waals surface area contributed by atoms with Crippen LogP contribution in [0.25, 0.3) is 0 Å². The summed E-state index contributed by atoms with van der Waals surface area (Å²) in [5.41, 5.74) is 0.202. The second kappa shape index (κ2) is 6.03. The minimum Gasteiger partial charge on any atom is -0.466 e. The highest BCUT2D eigenvalue weighted by molar-refractivity contribution is 5.96. The van der Waals surface area contributed by atoms with E-state index < -0.39 is 17.9 Å². The van der Waals surface area contributed by atoms with Crippen molar-refractivity contribution in [3.05, 3.63) is 11.6 Å². The Kier molecular flexibility index (Phi) is 4.66. The first-order chi connectivity index (χ1) is 10.3. The Balaban J connectivity index is 2.49. The number of allylic oxidation sites excluding steroid dienone is 1. The highest BCUT2D eigenvalue weighted by Gasteiger charge is 2.57. The summed E-state index contributed by atoms with van der Waals surface area (Å²) >= 11 is 0. The maximum absolute atomic E-state index is 12.5. The molecule has 0 unspecified atom stereocenters. The Morgan fingerprint density at radius 1 is 1.18 bits per heavy atom. The highest BCUT2D eigenvalue weighted by Crippen LogP contribution is 2.59. The van der Waals surface area contributed by atoms with E-state index in [1.54, 1.807) is 0 Å². The number of carbonyl (C=O) groups is 2. The quantitative estimate of drug-likeness (QED) is 0.455. The molecular formula is C17H26O5. The summed E-state index contributed by atoms with van der Waals surface area (Å²) in [6.07, 6.45) is 5.68. The van der Waals surface area contributed by atoms with Crippen molar-refractivity contribution in [2.75, 3.05) is 14.2 Å². The van der Waals surface area contributed by atoms with E-state index in [0.29, 0.717) is 11.5 Å². The summed E-state index contributed by atoms with van der Waals surface area (Å²) in [4.78, 5) is 34.0. The van der Waals surface area contributed by atoms with Gasteiger partial charge in [-0.05, 0) is 36.0 Å². The molecule has 5 nitrogen and oxygen atoms in total. The van der Waals surface area contributed by atoms with Gasteiger partial charge in [0.2, 0.25) is 0 Å². The SMILES string of the molecule is COOC(=O)[C@H]1C(C(=O)OC)=CC[C@@H]2C(C)(C)CCC[C@@]12C. The molecule has 0 heterocycles. The zero-order valence-electron chi connectivity index (χ0n) is 14.1. The van der Waals surface area contributed by atoms with E-state index in [0.717, 1.165) is 25.7 Å². The van der Waals surface area contributed by atoms with Crippen molar-refractivity contribution in [3.8, 4) is 0 Å². The summed E-state index contributed by atoms with van der Waals surface area (Å²) < 4.78 is 4.87. The molecule has 0 aromatic rings. The van der Waals surface area contributed by atoms with Crippen molar-refractivity contribution in [2.24, 2.45) is 22.7 Å². The zero-order chi connectivity index (χ0) is 16.5. The van der Waals surface area contributed by atoms with Crippen molar-refractivity contribution < 1.29 is 24.1 Å². The lowest BCUT2D eigenvalue weighted by Crippen LogP contribution is -2.52. The average Bonchev–Trinajstić information content (AvgIpc) is 2.44. The van der Waals surface area contributed by atoms with Crippen molar-refractivity contribution in [1.82, 2.24) is 0 Å². The van der Waals surface area contributed by atoms with Gasteiger partial charge < -0.3 is 4.74 Å². The van der Waals surface area contributed by atoms with Crippen LogP contribution in [0.5, 0.6) is 0 Å². The first-order valence-electron chi connectivity index (χ1n) is 7.81. The maximum Gasteiger partial charge on any atom is 0.350 e. The van der Waals surface area contributed by atoms with Crippen LogP contribution >= 0.6 is 0 Å². The Bertz CT molecular complexity index is 493. The van der Waals surface area contributed by atoms with Gasteiger partial charge >= 0.3 is 11.9 Å². The Morgan fingerprint density at radius 3 is 2.45 bits per heavy atom. The van der Waals surface area contributed by atoms with Crippen molar-refractivity contribution >= 4 is 11.9 Å². The lowest BCUT2D eigenvalue weighted by Gasteiger charge is -2.55. The summed E-state index contributed by atoms with van der Waals surface area (Å²) in [5, 5.41) is 0. The van der Waals surface area contributed by atoms with E-state index in [-0.39, 0.29) is 10.8 Å². The van der Waals surface area contributed by atoms with Crippen molar-refractivity contribution in [2.45, 2.75) is 46.5 Å². The Hall–Kier alpha value is -1.36. The van der Waals surface area contributed by atoms with Crippen molar-refractivity contribution in [1.29, 1.82) is 0 Å². The van der Waals surface area contributed by atoms with Crippen LogP contribution in [-0.2, 0) is 24.1 Å². The van der Waals surface area contributed by atoms with Crippen molar-refractivity contribution in [3.63, 3.8) is 0 Å². The van der Waals surface area contributed by atoms with Crippen LogP contribution in [0.1, 0.15) is 46.5 Å². The predicted octanol–water partition coefficient (Wildman–Crippen LogP) is 3.04. The molecule has 0 saturated heterocycles. The molecule has 0 bridgehead atoms. The molecule has 1 saturated carbocycles. The third-order valence-electron chi connectivity index (χ3n) is 5.64.